The van der Waals surface area contributed by atoms with Gasteiger partial charge in [0.1, 0.15) is 12.1 Å². The van der Waals surface area contributed by atoms with Crippen molar-refractivity contribution in [2.24, 2.45) is 0 Å². The third-order valence-corrected chi connectivity index (χ3v) is 7.56. The van der Waals surface area contributed by atoms with Gasteiger partial charge in [0.05, 0.1) is 35.2 Å². The van der Waals surface area contributed by atoms with Crippen molar-refractivity contribution >= 4 is 27.4 Å². The van der Waals surface area contributed by atoms with E-state index in [9.17, 15) is 5.11 Å². The lowest BCUT2D eigenvalue weighted by atomic mass is 10.1. The Morgan fingerprint density at radius 2 is 1.74 bits per heavy atom. The van der Waals surface area contributed by atoms with Crippen molar-refractivity contribution in [1.29, 1.82) is 0 Å². The molecule has 5 rings (SSSR count). The van der Waals surface area contributed by atoms with Gasteiger partial charge in [0.25, 0.3) is 0 Å². The largest absolute Gasteiger partial charge is 0.395 e. The molecule has 8 nitrogen and oxygen atoms in total. The Kier molecular flexibility index (Phi) is 7.60. The van der Waals surface area contributed by atoms with E-state index in [1.165, 1.54) is 0 Å². The van der Waals surface area contributed by atoms with Crippen molar-refractivity contribution in [2.75, 3.05) is 51.3 Å². The second kappa shape index (κ2) is 11.2. The molecule has 0 spiro atoms. The van der Waals surface area contributed by atoms with Gasteiger partial charge in [-0.1, -0.05) is 36.4 Å². The van der Waals surface area contributed by atoms with Crippen LogP contribution in [-0.4, -0.2) is 80.9 Å². The van der Waals surface area contributed by atoms with Crippen LogP contribution in [0.15, 0.2) is 61.1 Å². The van der Waals surface area contributed by atoms with Crippen LogP contribution in [0.4, 0.5) is 5.82 Å². The summed E-state index contributed by atoms with van der Waals surface area (Å²) in [7, 11) is 0. The molecular formula is C26H30N6O2S. The van der Waals surface area contributed by atoms with E-state index in [0.717, 1.165) is 77.0 Å². The van der Waals surface area contributed by atoms with Gasteiger partial charge in [-0.15, -0.1) is 11.3 Å². The maximum atomic E-state index is 9.95. The Morgan fingerprint density at radius 1 is 0.943 bits per heavy atom. The molecule has 0 aliphatic carbocycles. The molecule has 1 atom stereocenters. The molecule has 3 N–H and O–H groups in total. The van der Waals surface area contributed by atoms with Gasteiger partial charge in [-0.05, 0) is 17.7 Å². The lowest BCUT2D eigenvalue weighted by Gasteiger charge is -2.34. The number of piperazine rings is 1. The highest BCUT2D eigenvalue weighted by atomic mass is 32.1. The summed E-state index contributed by atoms with van der Waals surface area (Å²) in [4.78, 5) is 19.4. The molecule has 0 amide bonds. The van der Waals surface area contributed by atoms with Crippen molar-refractivity contribution in [1.82, 2.24) is 24.8 Å². The minimum absolute atomic E-state index is 0.0321. The van der Waals surface area contributed by atoms with Gasteiger partial charge in [0.2, 0.25) is 0 Å². The number of hydrogen-bond acceptors (Lipinski definition) is 9. The number of fused-ring (bicyclic) bond motifs is 1. The Labute approximate surface area is 208 Å². The van der Waals surface area contributed by atoms with Gasteiger partial charge in [0, 0.05) is 55.9 Å². The fourth-order valence-electron chi connectivity index (χ4n) is 4.39. The molecule has 4 aromatic rings. The van der Waals surface area contributed by atoms with Gasteiger partial charge in [-0.3, -0.25) is 14.8 Å². The quantitative estimate of drug-likeness (QED) is 0.329. The van der Waals surface area contributed by atoms with Crippen LogP contribution in [0.3, 0.4) is 0 Å². The highest BCUT2D eigenvalue weighted by Gasteiger charge is 2.18. The lowest BCUT2D eigenvalue weighted by molar-refractivity contribution is 0.107. The van der Waals surface area contributed by atoms with Crippen molar-refractivity contribution in [3.8, 4) is 10.4 Å². The molecule has 4 heterocycles. The van der Waals surface area contributed by atoms with Crippen LogP contribution >= 0.6 is 11.3 Å². The zero-order valence-corrected chi connectivity index (χ0v) is 20.4. The normalized spacial score (nSPS) is 15.9. The first-order chi connectivity index (χ1) is 17.2. The van der Waals surface area contributed by atoms with Crippen molar-refractivity contribution in [3.63, 3.8) is 0 Å². The summed E-state index contributed by atoms with van der Waals surface area (Å²) in [5, 5.41) is 22.5. The minimum Gasteiger partial charge on any atom is -0.395 e. The molecule has 1 aliphatic rings. The van der Waals surface area contributed by atoms with Crippen LogP contribution in [0, 0.1) is 0 Å². The number of thiophene rings is 1. The highest BCUT2D eigenvalue weighted by Crippen LogP contribution is 2.36. The van der Waals surface area contributed by atoms with Crippen LogP contribution in [0.5, 0.6) is 0 Å². The van der Waals surface area contributed by atoms with Gasteiger partial charge in [-0.25, -0.2) is 9.97 Å². The number of nitrogens with one attached hydrogen (secondary N) is 1. The summed E-state index contributed by atoms with van der Waals surface area (Å²) in [6, 6.07) is 15.9. The molecule has 0 radical (unpaired) electrons. The van der Waals surface area contributed by atoms with Crippen LogP contribution in [-0.2, 0) is 6.54 Å². The predicted molar refractivity (Wildman–Crippen MR) is 139 cm³/mol. The number of pyridine rings is 1. The lowest BCUT2D eigenvalue weighted by Crippen LogP contribution is -2.46. The highest BCUT2D eigenvalue weighted by molar-refractivity contribution is 7.22. The molecule has 0 saturated carbocycles. The maximum absolute atomic E-state index is 9.95. The molecule has 1 aliphatic heterocycles. The number of anilines is 1. The minimum atomic E-state index is -0.244. The summed E-state index contributed by atoms with van der Waals surface area (Å²) in [6.45, 7) is 5.73. The third kappa shape index (κ3) is 5.66. The number of hydrogen-bond donors (Lipinski definition) is 3. The average molecular weight is 491 g/mol. The van der Waals surface area contributed by atoms with E-state index in [0.29, 0.717) is 0 Å². The summed E-state index contributed by atoms with van der Waals surface area (Å²) >= 11 is 1.63. The van der Waals surface area contributed by atoms with Crippen LogP contribution in [0.25, 0.3) is 20.7 Å². The van der Waals surface area contributed by atoms with E-state index in [1.807, 2.05) is 36.5 Å². The number of benzene rings is 1. The van der Waals surface area contributed by atoms with Gasteiger partial charge in [-0.2, -0.15) is 0 Å². The van der Waals surface area contributed by atoms with E-state index in [2.05, 4.69) is 43.3 Å². The van der Waals surface area contributed by atoms with Gasteiger partial charge in [0.15, 0.2) is 0 Å². The van der Waals surface area contributed by atoms with E-state index in [4.69, 9.17) is 10.1 Å². The summed E-state index contributed by atoms with van der Waals surface area (Å²) in [5.74, 6) is 0.721. The first kappa shape index (κ1) is 23.8. The second-order valence-corrected chi connectivity index (χ2v) is 9.77. The second-order valence-electron chi connectivity index (χ2n) is 8.72. The molecule has 182 valence electrons. The smallest absolute Gasteiger partial charge is 0.148 e. The molecule has 3 aromatic heterocycles. The fourth-order valence-corrected chi connectivity index (χ4v) is 5.44. The van der Waals surface area contributed by atoms with Crippen LogP contribution < -0.4 is 5.32 Å². The summed E-state index contributed by atoms with van der Waals surface area (Å²) in [5.41, 5.74) is 3.99. The van der Waals surface area contributed by atoms with Crippen molar-refractivity contribution < 1.29 is 10.2 Å². The number of rotatable bonds is 9. The first-order valence-corrected chi connectivity index (χ1v) is 12.7. The van der Waals surface area contributed by atoms with E-state index in [1.54, 1.807) is 17.7 Å². The third-order valence-electron chi connectivity index (χ3n) is 6.38. The van der Waals surface area contributed by atoms with Gasteiger partial charge < -0.3 is 15.5 Å². The zero-order chi connectivity index (χ0) is 24.0. The fraction of sp³-hybridized carbons (Fsp3) is 0.346. The SMILES string of the molecule is OCCN1CCN(Cc2ccc(-c3cc4ncnc(NC(CO)c5ccccc5)c4s3)cn2)CC1. The number of nitrogens with zero attached hydrogens (tertiary/aromatic N) is 5. The topological polar surface area (TPSA) is 97.6 Å². The van der Waals surface area contributed by atoms with Crippen molar-refractivity contribution in [2.45, 2.75) is 12.6 Å². The van der Waals surface area contributed by atoms with Crippen LogP contribution in [0.2, 0.25) is 0 Å². The van der Waals surface area contributed by atoms with Crippen LogP contribution in [0.1, 0.15) is 17.3 Å². The zero-order valence-electron chi connectivity index (χ0n) is 19.5. The molecule has 35 heavy (non-hydrogen) atoms. The Morgan fingerprint density at radius 3 is 2.46 bits per heavy atom. The summed E-state index contributed by atoms with van der Waals surface area (Å²) in [6.07, 6.45) is 3.49. The first-order valence-electron chi connectivity index (χ1n) is 11.9. The van der Waals surface area contributed by atoms with E-state index >= 15 is 0 Å². The van der Waals surface area contributed by atoms with E-state index < -0.39 is 0 Å². The standard InChI is InChI=1S/C26H30N6O2S/c33-13-12-31-8-10-32(11-9-31)16-21-7-6-20(15-27-21)24-14-22-25(35-24)26(29-18-28-22)30-23(17-34)19-4-2-1-3-5-19/h1-7,14-15,18,23,33-34H,8-13,16-17H2,(H,28,29,30). The number of aliphatic hydroxyl groups is 2. The number of aliphatic hydroxyl groups excluding tert-OH is 2. The molecule has 1 fully saturated rings. The Bertz CT molecular complexity index is 1230. The molecule has 9 heteroatoms. The molecule has 1 aromatic carbocycles. The molecule has 0 bridgehead atoms. The predicted octanol–water partition coefficient (Wildman–Crippen LogP) is 3.01. The van der Waals surface area contributed by atoms with Gasteiger partial charge >= 0.3 is 0 Å². The summed E-state index contributed by atoms with van der Waals surface area (Å²) < 4.78 is 0.960. The molecule has 1 saturated heterocycles. The Hall–Kier alpha value is -2.95. The number of β-amino-alcohol motifs (C(OH)–C–C–N with tert-alkyl or cyclic N) is 1. The van der Waals surface area contributed by atoms with E-state index in [-0.39, 0.29) is 19.3 Å². The monoisotopic (exact) mass is 490 g/mol. The Balaban J connectivity index is 1.29. The molecular weight excluding hydrogens is 460 g/mol. The maximum Gasteiger partial charge on any atom is 0.148 e. The average Bonchev–Trinajstić information content (AvgIpc) is 3.35. The molecule has 1 unspecified atom stereocenters. The van der Waals surface area contributed by atoms with Crippen molar-refractivity contribution in [3.05, 3.63) is 72.3 Å². The number of aromatic nitrogens is 3.